The van der Waals surface area contributed by atoms with E-state index in [9.17, 15) is 13.6 Å². The van der Waals surface area contributed by atoms with Gasteiger partial charge in [0.15, 0.2) is 11.6 Å². The molecule has 0 aromatic heterocycles. The van der Waals surface area contributed by atoms with Crippen molar-refractivity contribution in [2.45, 2.75) is 13.1 Å². The second-order valence-corrected chi connectivity index (χ2v) is 8.20. The minimum atomic E-state index is -0.885. The number of nitrogens with one attached hydrogen (secondary N) is 1. The molecular weight excluding hydrogens is 370 g/mol. The van der Waals surface area contributed by atoms with E-state index in [-0.39, 0.29) is 18.4 Å². The summed E-state index contributed by atoms with van der Waals surface area (Å²) in [5, 5.41) is 5.38. The average molecular weight is 392 g/mol. The molecule has 1 aliphatic heterocycles. The summed E-state index contributed by atoms with van der Waals surface area (Å²) in [6.45, 7) is 3.00. The lowest BCUT2D eigenvalue weighted by Gasteiger charge is -2.19. The lowest BCUT2D eigenvalue weighted by Crippen LogP contribution is -2.31. The SMILES string of the molecule is O=C(NCc1ccc(F)c(F)c1)C1[C@H]2CN(Cc3ccc4ccccc4c3)C[C@@H]12. The van der Waals surface area contributed by atoms with Crippen LogP contribution in [0.25, 0.3) is 10.8 Å². The van der Waals surface area contributed by atoms with Gasteiger partial charge in [-0.3, -0.25) is 9.69 Å². The molecular formula is C24H22F2N2O. The van der Waals surface area contributed by atoms with E-state index in [1.54, 1.807) is 0 Å². The fourth-order valence-electron chi connectivity index (χ4n) is 4.68. The first-order chi connectivity index (χ1) is 14.1. The van der Waals surface area contributed by atoms with E-state index < -0.39 is 11.6 Å². The molecule has 148 valence electrons. The van der Waals surface area contributed by atoms with Crippen LogP contribution in [-0.2, 0) is 17.9 Å². The number of hydrogen-bond donors (Lipinski definition) is 1. The first kappa shape index (κ1) is 18.3. The zero-order valence-corrected chi connectivity index (χ0v) is 15.9. The summed E-state index contributed by atoms with van der Waals surface area (Å²) in [5.74, 6) is -0.878. The summed E-state index contributed by atoms with van der Waals surface area (Å²) >= 11 is 0. The molecule has 3 aromatic carbocycles. The van der Waals surface area contributed by atoms with E-state index in [0.717, 1.165) is 31.8 Å². The molecule has 1 saturated heterocycles. The lowest BCUT2D eigenvalue weighted by atomic mass is 10.1. The quantitative estimate of drug-likeness (QED) is 0.709. The maximum Gasteiger partial charge on any atom is 0.224 e. The zero-order valence-electron chi connectivity index (χ0n) is 15.9. The number of amides is 1. The molecule has 1 N–H and O–H groups in total. The molecule has 3 aromatic rings. The molecule has 3 nitrogen and oxygen atoms in total. The van der Waals surface area contributed by atoms with Gasteiger partial charge in [0.05, 0.1) is 0 Å². The predicted molar refractivity (Wildman–Crippen MR) is 108 cm³/mol. The van der Waals surface area contributed by atoms with Crippen molar-refractivity contribution >= 4 is 16.7 Å². The second-order valence-electron chi connectivity index (χ2n) is 8.20. The van der Waals surface area contributed by atoms with Crippen LogP contribution < -0.4 is 5.32 Å². The van der Waals surface area contributed by atoms with Gasteiger partial charge in [0.2, 0.25) is 5.91 Å². The number of piperidine rings is 1. The summed E-state index contributed by atoms with van der Waals surface area (Å²) in [5.41, 5.74) is 1.87. The van der Waals surface area contributed by atoms with Gasteiger partial charge in [-0.15, -0.1) is 0 Å². The van der Waals surface area contributed by atoms with E-state index >= 15 is 0 Å². The Labute approximate surface area is 168 Å². The van der Waals surface area contributed by atoms with Gasteiger partial charge in [0.25, 0.3) is 0 Å². The zero-order chi connectivity index (χ0) is 20.0. The standard InChI is InChI=1S/C24H22F2N2O/c25-21-8-6-15(10-22(21)26)11-27-24(29)23-19-13-28(14-20(19)23)12-16-5-7-17-3-1-2-4-18(17)9-16/h1-10,19-20,23H,11-14H2,(H,27,29)/t19-,20+,23?. The maximum absolute atomic E-state index is 13.3. The molecule has 1 saturated carbocycles. The van der Waals surface area contributed by atoms with Crippen molar-refractivity contribution in [3.05, 3.63) is 83.4 Å². The Bertz CT molecular complexity index is 1070. The topological polar surface area (TPSA) is 32.3 Å². The Morgan fingerprint density at radius 2 is 1.62 bits per heavy atom. The summed E-state index contributed by atoms with van der Waals surface area (Å²) < 4.78 is 26.3. The van der Waals surface area contributed by atoms with Crippen LogP contribution in [0.3, 0.4) is 0 Å². The van der Waals surface area contributed by atoms with Crippen LogP contribution in [-0.4, -0.2) is 23.9 Å². The van der Waals surface area contributed by atoms with Crippen LogP contribution in [0.15, 0.2) is 60.7 Å². The van der Waals surface area contributed by atoms with Gasteiger partial charge >= 0.3 is 0 Å². The smallest absolute Gasteiger partial charge is 0.224 e. The minimum absolute atomic E-state index is 0.0232. The molecule has 3 atom stereocenters. The molecule has 1 aliphatic carbocycles. The highest BCUT2D eigenvalue weighted by Crippen LogP contribution is 2.52. The van der Waals surface area contributed by atoms with Gasteiger partial charge in [-0.2, -0.15) is 0 Å². The molecule has 0 bridgehead atoms. The summed E-state index contributed by atoms with van der Waals surface area (Å²) in [6, 6.07) is 18.7. The van der Waals surface area contributed by atoms with Gasteiger partial charge in [0, 0.05) is 32.1 Å². The van der Waals surface area contributed by atoms with E-state index in [1.807, 2.05) is 6.07 Å². The van der Waals surface area contributed by atoms with Crippen molar-refractivity contribution in [2.75, 3.05) is 13.1 Å². The Morgan fingerprint density at radius 1 is 0.897 bits per heavy atom. The molecule has 1 heterocycles. The lowest BCUT2D eigenvalue weighted by molar-refractivity contribution is -0.123. The highest BCUT2D eigenvalue weighted by atomic mass is 19.2. The molecule has 2 aliphatic rings. The van der Waals surface area contributed by atoms with E-state index in [0.29, 0.717) is 17.4 Å². The van der Waals surface area contributed by atoms with Crippen LogP contribution in [0.2, 0.25) is 0 Å². The number of likely N-dealkylation sites (tertiary alicyclic amines) is 1. The molecule has 1 unspecified atom stereocenters. The molecule has 2 fully saturated rings. The normalized spacial score (nSPS) is 23.2. The summed E-state index contributed by atoms with van der Waals surface area (Å²) in [7, 11) is 0. The third-order valence-corrected chi connectivity index (χ3v) is 6.24. The second kappa shape index (κ2) is 7.23. The molecule has 0 radical (unpaired) electrons. The Morgan fingerprint density at radius 3 is 2.38 bits per heavy atom. The molecule has 29 heavy (non-hydrogen) atoms. The average Bonchev–Trinajstić information content (AvgIpc) is 3.24. The number of carbonyl (C=O) groups is 1. The number of benzene rings is 3. The maximum atomic E-state index is 13.3. The van der Waals surface area contributed by atoms with Crippen LogP contribution in [0.5, 0.6) is 0 Å². The van der Waals surface area contributed by atoms with Crippen molar-refractivity contribution < 1.29 is 13.6 Å². The van der Waals surface area contributed by atoms with Crippen molar-refractivity contribution in [1.29, 1.82) is 0 Å². The monoisotopic (exact) mass is 392 g/mol. The molecule has 1 amide bonds. The molecule has 0 spiro atoms. The third-order valence-electron chi connectivity index (χ3n) is 6.24. The molecule has 5 rings (SSSR count). The van der Waals surface area contributed by atoms with Crippen molar-refractivity contribution in [3.8, 4) is 0 Å². The van der Waals surface area contributed by atoms with Gasteiger partial charge in [-0.1, -0.05) is 42.5 Å². The van der Waals surface area contributed by atoms with E-state index in [2.05, 4.69) is 46.6 Å². The Hall–Kier alpha value is -2.79. The van der Waals surface area contributed by atoms with E-state index in [4.69, 9.17) is 0 Å². The number of rotatable bonds is 5. The van der Waals surface area contributed by atoms with Gasteiger partial charge in [-0.05, 0) is 51.9 Å². The van der Waals surface area contributed by atoms with E-state index in [1.165, 1.54) is 22.4 Å². The van der Waals surface area contributed by atoms with Gasteiger partial charge in [-0.25, -0.2) is 8.78 Å². The van der Waals surface area contributed by atoms with Crippen LogP contribution in [0.4, 0.5) is 8.78 Å². The Kier molecular flexibility index (Phi) is 4.55. The number of nitrogens with zero attached hydrogens (tertiary/aromatic N) is 1. The summed E-state index contributed by atoms with van der Waals surface area (Å²) in [4.78, 5) is 14.9. The number of halogens is 2. The van der Waals surface area contributed by atoms with Crippen LogP contribution >= 0.6 is 0 Å². The largest absolute Gasteiger partial charge is 0.352 e. The first-order valence-corrected chi connectivity index (χ1v) is 10.0. The van der Waals surface area contributed by atoms with Crippen molar-refractivity contribution in [2.24, 2.45) is 17.8 Å². The number of hydrogen-bond acceptors (Lipinski definition) is 2. The fraction of sp³-hybridized carbons (Fsp3) is 0.292. The highest BCUT2D eigenvalue weighted by molar-refractivity contribution is 5.83. The third kappa shape index (κ3) is 3.62. The number of carbonyl (C=O) groups excluding carboxylic acids is 1. The minimum Gasteiger partial charge on any atom is -0.352 e. The van der Waals surface area contributed by atoms with Crippen molar-refractivity contribution in [1.82, 2.24) is 10.2 Å². The van der Waals surface area contributed by atoms with Crippen molar-refractivity contribution in [3.63, 3.8) is 0 Å². The number of fused-ring (bicyclic) bond motifs is 2. The van der Waals surface area contributed by atoms with Gasteiger partial charge < -0.3 is 5.32 Å². The summed E-state index contributed by atoms with van der Waals surface area (Å²) in [6.07, 6.45) is 0. The fourth-order valence-corrected chi connectivity index (χ4v) is 4.68. The van der Waals surface area contributed by atoms with Crippen LogP contribution in [0, 0.1) is 29.4 Å². The first-order valence-electron chi connectivity index (χ1n) is 10.0. The van der Waals surface area contributed by atoms with Crippen LogP contribution in [0.1, 0.15) is 11.1 Å². The highest BCUT2D eigenvalue weighted by Gasteiger charge is 2.58. The molecule has 5 heteroatoms. The Balaban J connectivity index is 1.13. The van der Waals surface area contributed by atoms with Gasteiger partial charge in [0.1, 0.15) is 0 Å². The predicted octanol–water partition coefficient (Wildman–Crippen LogP) is 4.11.